The van der Waals surface area contributed by atoms with Crippen molar-refractivity contribution in [3.8, 4) is 0 Å². The van der Waals surface area contributed by atoms with Gasteiger partial charge in [-0.3, -0.25) is 9.59 Å². The Balaban J connectivity index is 1.29. The number of nitrogens with zero attached hydrogens (tertiary/aromatic N) is 4. The van der Waals surface area contributed by atoms with Crippen molar-refractivity contribution in [2.75, 3.05) is 13.1 Å². The summed E-state index contributed by atoms with van der Waals surface area (Å²) in [6.07, 6.45) is 1.41. The van der Waals surface area contributed by atoms with Crippen LogP contribution in [0, 0.1) is 11.6 Å². The number of alkyl halides is 1. The summed E-state index contributed by atoms with van der Waals surface area (Å²) in [6, 6.07) is 4.35. The number of likely N-dealkylation sites (tertiary alicyclic amines) is 1. The second-order valence-electron chi connectivity index (χ2n) is 8.62. The van der Waals surface area contributed by atoms with Crippen LogP contribution >= 0.6 is 0 Å². The number of benzene rings is 1. The monoisotopic (exact) mass is 448 g/mol. The summed E-state index contributed by atoms with van der Waals surface area (Å²) in [4.78, 5) is 29.3. The van der Waals surface area contributed by atoms with Crippen molar-refractivity contribution in [1.29, 1.82) is 0 Å². The fourth-order valence-corrected chi connectivity index (χ4v) is 5.02. The van der Waals surface area contributed by atoms with Crippen molar-refractivity contribution in [2.45, 2.75) is 56.8 Å². The summed E-state index contributed by atoms with van der Waals surface area (Å²) in [5, 5.41) is 3.98. The molecule has 2 aromatic rings. The van der Waals surface area contributed by atoms with Gasteiger partial charge in [-0.2, -0.15) is 5.10 Å². The van der Waals surface area contributed by atoms with Gasteiger partial charge in [0.25, 0.3) is 11.8 Å². The number of halogens is 3. The minimum Gasteiger partial charge on any atom is -0.342 e. The molecular formula is C22H23F3N4O3. The van der Waals surface area contributed by atoms with E-state index in [1.807, 2.05) is 0 Å². The SMILES string of the molecule is CC(F)n1ccc(C(=O)N2CCC3(CC2)O[C@@H]2CC[C@@H](c4cc(F)cc(F)c4)N2C3=O)n1. The first-order valence-corrected chi connectivity index (χ1v) is 10.7. The molecule has 1 unspecified atom stereocenters. The zero-order chi connectivity index (χ0) is 22.6. The second-order valence-corrected chi connectivity index (χ2v) is 8.62. The van der Waals surface area contributed by atoms with E-state index >= 15 is 0 Å². The summed E-state index contributed by atoms with van der Waals surface area (Å²) in [7, 11) is 0. The molecule has 0 saturated carbocycles. The van der Waals surface area contributed by atoms with Crippen molar-refractivity contribution in [3.63, 3.8) is 0 Å². The molecule has 5 rings (SSSR count). The molecule has 3 aliphatic heterocycles. The molecule has 3 atom stereocenters. The summed E-state index contributed by atoms with van der Waals surface area (Å²) in [5.41, 5.74) is -0.471. The van der Waals surface area contributed by atoms with Crippen LogP contribution in [0.2, 0.25) is 0 Å². The van der Waals surface area contributed by atoms with E-state index in [1.165, 1.54) is 31.3 Å². The van der Waals surface area contributed by atoms with Crippen molar-refractivity contribution in [3.05, 3.63) is 53.4 Å². The van der Waals surface area contributed by atoms with Gasteiger partial charge in [0.15, 0.2) is 11.9 Å². The highest BCUT2D eigenvalue weighted by Crippen LogP contribution is 2.47. The quantitative estimate of drug-likeness (QED) is 0.723. The van der Waals surface area contributed by atoms with E-state index in [0.717, 1.165) is 10.7 Å². The molecule has 1 spiro atoms. The van der Waals surface area contributed by atoms with Crippen LogP contribution in [0.3, 0.4) is 0 Å². The highest BCUT2D eigenvalue weighted by molar-refractivity contribution is 5.93. The van der Waals surface area contributed by atoms with E-state index in [2.05, 4.69) is 5.10 Å². The van der Waals surface area contributed by atoms with Gasteiger partial charge < -0.3 is 14.5 Å². The Kier molecular flexibility index (Phi) is 4.99. The zero-order valence-corrected chi connectivity index (χ0v) is 17.5. The summed E-state index contributed by atoms with van der Waals surface area (Å²) < 4.78 is 48.1. The number of carbonyl (C=O) groups excluding carboxylic acids is 2. The topological polar surface area (TPSA) is 67.7 Å². The van der Waals surface area contributed by atoms with Crippen LogP contribution in [-0.4, -0.2) is 56.3 Å². The molecule has 0 radical (unpaired) electrons. The van der Waals surface area contributed by atoms with Gasteiger partial charge in [0.1, 0.15) is 23.6 Å². The molecule has 0 bridgehead atoms. The number of hydrogen-bond acceptors (Lipinski definition) is 4. The smallest absolute Gasteiger partial charge is 0.274 e. The van der Waals surface area contributed by atoms with E-state index in [9.17, 15) is 22.8 Å². The standard InChI is InChI=1S/C22H23F3N4O3/c1-13(23)28-7-4-17(26-28)20(30)27-8-5-22(6-9-27)21(31)29-18(2-3-19(29)32-22)14-10-15(24)12-16(25)11-14/h4,7,10-13,18-19H,2-3,5-6,8-9H2,1H3/t13?,18-,19+/m0/s1. The molecule has 2 amide bonds. The first-order chi connectivity index (χ1) is 15.3. The van der Waals surface area contributed by atoms with Gasteiger partial charge in [-0.05, 0) is 43.5 Å². The van der Waals surface area contributed by atoms with Crippen LogP contribution < -0.4 is 0 Å². The molecule has 32 heavy (non-hydrogen) atoms. The number of carbonyl (C=O) groups is 2. The number of aromatic nitrogens is 2. The number of amides is 2. The highest BCUT2D eigenvalue weighted by Gasteiger charge is 2.58. The zero-order valence-electron chi connectivity index (χ0n) is 17.5. The molecule has 0 N–H and O–H groups in total. The Labute approximate surface area is 182 Å². The van der Waals surface area contributed by atoms with Crippen LogP contribution in [-0.2, 0) is 9.53 Å². The molecule has 4 heterocycles. The molecular weight excluding hydrogens is 425 g/mol. The fraction of sp³-hybridized carbons (Fsp3) is 0.500. The molecule has 170 valence electrons. The number of rotatable bonds is 3. The number of piperidine rings is 1. The van der Waals surface area contributed by atoms with E-state index in [0.29, 0.717) is 44.3 Å². The van der Waals surface area contributed by atoms with Crippen LogP contribution in [0.5, 0.6) is 0 Å². The largest absolute Gasteiger partial charge is 0.342 e. The summed E-state index contributed by atoms with van der Waals surface area (Å²) in [5.74, 6) is -1.88. The van der Waals surface area contributed by atoms with Gasteiger partial charge in [-0.25, -0.2) is 17.9 Å². The number of fused-ring (bicyclic) bond motifs is 1. The Morgan fingerprint density at radius 1 is 1.19 bits per heavy atom. The highest BCUT2D eigenvalue weighted by atomic mass is 19.1. The first-order valence-electron chi connectivity index (χ1n) is 10.7. The minimum atomic E-state index is -1.33. The van der Waals surface area contributed by atoms with Crippen LogP contribution in [0.15, 0.2) is 30.5 Å². The van der Waals surface area contributed by atoms with Gasteiger partial charge in [-0.15, -0.1) is 0 Å². The van der Waals surface area contributed by atoms with Gasteiger partial charge in [0.2, 0.25) is 0 Å². The maximum atomic E-state index is 13.7. The van der Waals surface area contributed by atoms with Gasteiger partial charge in [-0.1, -0.05) is 0 Å². The molecule has 3 aliphatic rings. The van der Waals surface area contributed by atoms with Crippen LogP contribution in [0.1, 0.15) is 61.0 Å². The lowest BCUT2D eigenvalue weighted by atomic mass is 9.89. The Morgan fingerprint density at radius 2 is 1.88 bits per heavy atom. The van der Waals surface area contributed by atoms with Crippen molar-refractivity contribution >= 4 is 11.8 Å². The average Bonchev–Trinajstić information content (AvgIpc) is 3.45. The lowest BCUT2D eigenvalue weighted by Gasteiger charge is -2.37. The van der Waals surface area contributed by atoms with Crippen molar-refractivity contribution in [2.24, 2.45) is 0 Å². The van der Waals surface area contributed by atoms with E-state index in [1.54, 1.807) is 9.80 Å². The van der Waals surface area contributed by atoms with E-state index in [4.69, 9.17) is 4.74 Å². The predicted octanol–water partition coefficient (Wildman–Crippen LogP) is 3.34. The Morgan fingerprint density at radius 3 is 2.50 bits per heavy atom. The van der Waals surface area contributed by atoms with Crippen LogP contribution in [0.4, 0.5) is 13.2 Å². The number of hydrogen-bond donors (Lipinski definition) is 0. The maximum Gasteiger partial charge on any atom is 0.274 e. The predicted molar refractivity (Wildman–Crippen MR) is 106 cm³/mol. The first kappa shape index (κ1) is 21.0. The third-order valence-corrected chi connectivity index (χ3v) is 6.64. The van der Waals surface area contributed by atoms with Gasteiger partial charge in [0.05, 0.1) is 6.04 Å². The van der Waals surface area contributed by atoms with Crippen molar-refractivity contribution < 1.29 is 27.5 Å². The third kappa shape index (κ3) is 3.37. The molecule has 1 aromatic heterocycles. The second kappa shape index (κ2) is 7.61. The fourth-order valence-electron chi connectivity index (χ4n) is 5.02. The van der Waals surface area contributed by atoms with Crippen molar-refractivity contribution in [1.82, 2.24) is 19.6 Å². The lowest BCUT2D eigenvalue weighted by Crippen LogP contribution is -2.51. The molecule has 10 heteroatoms. The molecule has 3 saturated heterocycles. The lowest BCUT2D eigenvalue weighted by molar-refractivity contribution is -0.142. The van der Waals surface area contributed by atoms with Gasteiger partial charge in [0, 0.05) is 38.2 Å². The summed E-state index contributed by atoms with van der Waals surface area (Å²) >= 11 is 0. The minimum absolute atomic E-state index is 0.151. The van der Waals surface area contributed by atoms with Gasteiger partial charge >= 0.3 is 0 Å². The molecule has 1 aromatic carbocycles. The molecule has 0 aliphatic carbocycles. The Bertz CT molecular complexity index is 1040. The molecule has 7 nitrogen and oxygen atoms in total. The molecule has 3 fully saturated rings. The average molecular weight is 448 g/mol. The van der Waals surface area contributed by atoms with E-state index < -0.39 is 35.8 Å². The van der Waals surface area contributed by atoms with Crippen LogP contribution in [0.25, 0.3) is 0 Å². The third-order valence-electron chi connectivity index (χ3n) is 6.64. The summed E-state index contributed by atoms with van der Waals surface area (Å²) in [6.45, 7) is 1.91. The maximum absolute atomic E-state index is 13.7. The van der Waals surface area contributed by atoms with E-state index in [-0.39, 0.29) is 17.5 Å². The normalized spacial score (nSPS) is 25.4. The number of ether oxygens (including phenoxy) is 1. The Hall–Kier alpha value is -2.88.